The van der Waals surface area contributed by atoms with Gasteiger partial charge in [-0.25, -0.2) is 9.78 Å². The lowest BCUT2D eigenvalue weighted by atomic mass is 9.93. The van der Waals surface area contributed by atoms with Gasteiger partial charge in [-0.1, -0.05) is 28.1 Å². The number of aromatic nitrogens is 1. The molecule has 1 saturated heterocycles. The van der Waals surface area contributed by atoms with E-state index < -0.39 is 6.09 Å². The molecular formula is C19H21BrN2O3. The van der Waals surface area contributed by atoms with Gasteiger partial charge in [0.1, 0.15) is 6.61 Å². The van der Waals surface area contributed by atoms with Gasteiger partial charge < -0.3 is 14.7 Å². The van der Waals surface area contributed by atoms with E-state index in [4.69, 9.17) is 9.84 Å². The number of pyridine rings is 1. The number of ether oxygens (including phenoxy) is 1. The third-order valence-corrected chi connectivity index (χ3v) is 5.10. The molecule has 0 atom stereocenters. The van der Waals surface area contributed by atoms with Crippen molar-refractivity contribution in [3.63, 3.8) is 0 Å². The van der Waals surface area contributed by atoms with Gasteiger partial charge in [-0.3, -0.25) is 0 Å². The van der Waals surface area contributed by atoms with Crippen LogP contribution in [-0.2, 0) is 6.61 Å². The van der Waals surface area contributed by atoms with E-state index >= 15 is 0 Å². The van der Waals surface area contributed by atoms with E-state index in [1.165, 1.54) is 10.5 Å². The van der Waals surface area contributed by atoms with E-state index in [9.17, 15) is 4.79 Å². The molecule has 1 amide bonds. The van der Waals surface area contributed by atoms with E-state index in [0.717, 1.165) is 28.6 Å². The molecule has 0 saturated carbocycles. The molecule has 6 heteroatoms. The summed E-state index contributed by atoms with van der Waals surface area (Å²) in [5.74, 6) is 0.897. The van der Waals surface area contributed by atoms with Gasteiger partial charge in [-0.15, -0.1) is 0 Å². The van der Waals surface area contributed by atoms with Crippen LogP contribution in [0.15, 0.2) is 40.9 Å². The number of piperidine rings is 1. The van der Waals surface area contributed by atoms with Gasteiger partial charge in [0.25, 0.3) is 0 Å². The van der Waals surface area contributed by atoms with E-state index in [-0.39, 0.29) is 5.92 Å². The van der Waals surface area contributed by atoms with Crippen LogP contribution in [0.5, 0.6) is 5.88 Å². The summed E-state index contributed by atoms with van der Waals surface area (Å²) >= 11 is 3.47. The lowest BCUT2D eigenvalue weighted by Crippen LogP contribution is -2.36. The molecule has 0 unspecified atom stereocenters. The smallest absolute Gasteiger partial charge is 0.407 e. The number of hydrogen-bond acceptors (Lipinski definition) is 3. The molecule has 3 rings (SSSR count). The van der Waals surface area contributed by atoms with Crippen LogP contribution in [0, 0.1) is 6.92 Å². The lowest BCUT2D eigenvalue weighted by Gasteiger charge is -2.29. The second-order valence-electron chi connectivity index (χ2n) is 6.30. The fraction of sp³-hybridized carbons (Fsp3) is 0.368. The van der Waals surface area contributed by atoms with Gasteiger partial charge in [0, 0.05) is 35.2 Å². The largest absolute Gasteiger partial charge is 0.473 e. The highest BCUT2D eigenvalue weighted by molar-refractivity contribution is 9.10. The second kappa shape index (κ2) is 7.87. The molecule has 1 aliphatic heterocycles. The Kier molecular flexibility index (Phi) is 5.58. The van der Waals surface area contributed by atoms with Crippen molar-refractivity contribution in [1.29, 1.82) is 0 Å². The Morgan fingerprint density at radius 2 is 2.08 bits per heavy atom. The first-order valence-corrected chi connectivity index (χ1v) is 9.15. The zero-order chi connectivity index (χ0) is 17.8. The highest BCUT2D eigenvalue weighted by Gasteiger charge is 2.24. The number of likely N-dealkylation sites (tertiary alicyclic amines) is 1. The second-order valence-corrected chi connectivity index (χ2v) is 7.22. The molecule has 2 heterocycles. The molecule has 25 heavy (non-hydrogen) atoms. The third kappa shape index (κ3) is 4.51. The number of carboxylic acid groups (broad SMARTS) is 1. The van der Waals surface area contributed by atoms with Crippen molar-refractivity contribution in [2.75, 3.05) is 13.1 Å². The molecule has 5 nitrogen and oxygen atoms in total. The molecule has 0 aliphatic carbocycles. The Morgan fingerprint density at radius 1 is 1.32 bits per heavy atom. The van der Waals surface area contributed by atoms with Crippen molar-refractivity contribution in [3.8, 4) is 5.88 Å². The lowest BCUT2D eigenvalue weighted by molar-refractivity contribution is 0.131. The topological polar surface area (TPSA) is 62.7 Å². The number of benzene rings is 1. The SMILES string of the molecule is Cc1cc(Br)ccc1COc1cccc(C2CCN(C(=O)O)CC2)n1. The summed E-state index contributed by atoms with van der Waals surface area (Å²) in [5.41, 5.74) is 3.28. The average Bonchev–Trinajstić information content (AvgIpc) is 2.61. The molecule has 132 valence electrons. The van der Waals surface area contributed by atoms with E-state index in [2.05, 4.69) is 33.9 Å². The van der Waals surface area contributed by atoms with Crippen molar-refractivity contribution in [3.05, 3.63) is 57.7 Å². The minimum Gasteiger partial charge on any atom is -0.473 e. The fourth-order valence-corrected chi connectivity index (χ4v) is 3.55. The Balaban J connectivity index is 1.63. The van der Waals surface area contributed by atoms with E-state index in [1.54, 1.807) is 0 Å². The molecule has 0 radical (unpaired) electrons. The van der Waals surface area contributed by atoms with Gasteiger partial charge in [0.2, 0.25) is 5.88 Å². The molecule has 1 N–H and O–H groups in total. The Morgan fingerprint density at radius 3 is 2.76 bits per heavy atom. The van der Waals surface area contributed by atoms with Gasteiger partial charge in [-0.2, -0.15) is 0 Å². The van der Waals surface area contributed by atoms with E-state index in [0.29, 0.717) is 25.6 Å². The third-order valence-electron chi connectivity index (χ3n) is 4.61. The maximum atomic E-state index is 11.0. The number of carbonyl (C=O) groups is 1. The molecule has 1 aromatic carbocycles. The summed E-state index contributed by atoms with van der Waals surface area (Å²) in [6.07, 6.45) is 0.761. The van der Waals surface area contributed by atoms with Crippen LogP contribution < -0.4 is 4.74 Å². The number of hydrogen-bond donors (Lipinski definition) is 1. The van der Waals surface area contributed by atoms with Gasteiger partial charge >= 0.3 is 6.09 Å². The average molecular weight is 405 g/mol. The minimum atomic E-state index is -0.839. The summed E-state index contributed by atoms with van der Waals surface area (Å²) in [7, 11) is 0. The number of nitrogens with zero attached hydrogens (tertiary/aromatic N) is 2. The normalized spacial score (nSPS) is 15.2. The van der Waals surface area contributed by atoms with Crippen LogP contribution in [0.25, 0.3) is 0 Å². The van der Waals surface area contributed by atoms with Crippen molar-refractivity contribution in [1.82, 2.24) is 9.88 Å². The predicted molar refractivity (Wildman–Crippen MR) is 99.0 cm³/mol. The van der Waals surface area contributed by atoms with Gasteiger partial charge in [-0.05, 0) is 49.1 Å². The quantitative estimate of drug-likeness (QED) is 0.809. The van der Waals surface area contributed by atoms with Crippen LogP contribution in [0.1, 0.15) is 35.6 Å². The molecule has 0 spiro atoms. The Labute approximate surface area is 155 Å². The highest BCUT2D eigenvalue weighted by Crippen LogP contribution is 2.28. The minimum absolute atomic E-state index is 0.286. The summed E-state index contributed by atoms with van der Waals surface area (Å²) in [6, 6.07) is 11.9. The predicted octanol–water partition coefficient (Wildman–Crippen LogP) is 4.59. The molecule has 1 aromatic heterocycles. The first-order chi connectivity index (χ1) is 12.0. The standard InChI is InChI=1S/C19H21BrN2O3/c1-13-11-16(20)6-5-15(13)12-25-18-4-2-3-17(21-18)14-7-9-22(10-8-14)19(23)24/h2-6,11,14H,7-10,12H2,1H3,(H,23,24). The number of amides is 1. The first-order valence-electron chi connectivity index (χ1n) is 8.35. The molecule has 1 fully saturated rings. The monoisotopic (exact) mass is 404 g/mol. The van der Waals surface area contributed by atoms with Gasteiger partial charge in [0.05, 0.1) is 0 Å². The zero-order valence-electron chi connectivity index (χ0n) is 14.1. The molecular weight excluding hydrogens is 384 g/mol. The Bertz CT molecular complexity index is 758. The van der Waals surface area contributed by atoms with Crippen LogP contribution in [0.4, 0.5) is 4.79 Å². The van der Waals surface area contributed by atoms with Crippen LogP contribution in [0.2, 0.25) is 0 Å². The maximum absolute atomic E-state index is 11.0. The molecule has 2 aromatic rings. The highest BCUT2D eigenvalue weighted by atomic mass is 79.9. The summed E-state index contributed by atoms with van der Waals surface area (Å²) in [6.45, 7) is 3.66. The first kappa shape index (κ1) is 17.7. The molecule has 1 aliphatic rings. The number of halogens is 1. The number of rotatable bonds is 4. The van der Waals surface area contributed by atoms with Crippen molar-refractivity contribution in [2.24, 2.45) is 0 Å². The maximum Gasteiger partial charge on any atom is 0.407 e. The van der Waals surface area contributed by atoms with E-state index in [1.807, 2.05) is 30.3 Å². The van der Waals surface area contributed by atoms with Gasteiger partial charge in [0.15, 0.2) is 0 Å². The summed E-state index contributed by atoms with van der Waals surface area (Å²) in [4.78, 5) is 17.1. The summed E-state index contributed by atoms with van der Waals surface area (Å²) < 4.78 is 6.93. The fourth-order valence-electron chi connectivity index (χ4n) is 3.08. The van der Waals surface area contributed by atoms with Crippen molar-refractivity contribution >= 4 is 22.0 Å². The number of aryl methyl sites for hydroxylation is 1. The molecule has 0 bridgehead atoms. The van der Waals surface area contributed by atoms with Crippen molar-refractivity contribution < 1.29 is 14.6 Å². The van der Waals surface area contributed by atoms with Crippen LogP contribution in [-0.4, -0.2) is 34.2 Å². The van der Waals surface area contributed by atoms with Crippen LogP contribution >= 0.6 is 15.9 Å². The Hall–Kier alpha value is -2.08. The zero-order valence-corrected chi connectivity index (χ0v) is 15.7. The van der Waals surface area contributed by atoms with Crippen molar-refractivity contribution in [2.45, 2.75) is 32.3 Å². The van der Waals surface area contributed by atoms with Crippen LogP contribution in [0.3, 0.4) is 0 Å². The summed E-state index contributed by atoms with van der Waals surface area (Å²) in [5, 5.41) is 9.04.